The number of piperazine rings is 1. The average molecular weight is 478 g/mol. The normalized spacial score (nSPS) is 21.2. The highest BCUT2D eigenvalue weighted by molar-refractivity contribution is 7.85. The van der Waals surface area contributed by atoms with Crippen molar-refractivity contribution < 1.29 is 31.7 Å². The van der Waals surface area contributed by atoms with E-state index in [2.05, 4.69) is 15.5 Å². The summed E-state index contributed by atoms with van der Waals surface area (Å²) in [6.45, 7) is 9.36. The highest BCUT2D eigenvalue weighted by Crippen LogP contribution is 2.20. The molecule has 2 rings (SSSR count). The Hall–Kier alpha value is -1.96. The van der Waals surface area contributed by atoms with E-state index in [1.54, 1.807) is 20.8 Å². The molecule has 12 nitrogen and oxygen atoms in total. The van der Waals surface area contributed by atoms with Crippen LogP contribution in [0.1, 0.15) is 33.6 Å². The van der Waals surface area contributed by atoms with Crippen molar-refractivity contribution in [2.75, 3.05) is 52.1 Å². The number of amides is 2. The first-order valence-electron chi connectivity index (χ1n) is 10.7. The first-order chi connectivity index (χ1) is 14.8. The minimum atomic E-state index is -3.68. The predicted octanol–water partition coefficient (Wildman–Crippen LogP) is 0.339. The number of hydrogen-bond acceptors (Lipinski definition) is 10. The predicted molar refractivity (Wildman–Crippen MR) is 117 cm³/mol. The Bertz CT molecular complexity index is 777. The molecule has 2 fully saturated rings. The van der Waals surface area contributed by atoms with E-state index in [1.807, 2.05) is 0 Å². The zero-order valence-corrected chi connectivity index (χ0v) is 20.0. The van der Waals surface area contributed by atoms with Gasteiger partial charge in [0.2, 0.25) is 0 Å². The van der Waals surface area contributed by atoms with Gasteiger partial charge in [0.25, 0.3) is 10.1 Å². The van der Waals surface area contributed by atoms with E-state index in [1.165, 1.54) is 4.90 Å². The molecule has 0 aromatic carbocycles. The van der Waals surface area contributed by atoms with Gasteiger partial charge in [-0.3, -0.25) is 19.8 Å². The Morgan fingerprint density at radius 1 is 1.34 bits per heavy atom. The highest BCUT2D eigenvalue weighted by Gasteiger charge is 2.39. The molecule has 2 aliphatic rings. The number of carbonyl (C=O) groups excluding carboxylic acids is 2. The molecule has 0 saturated carbocycles. The second kappa shape index (κ2) is 11.3. The number of nitrogens with one attached hydrogen (secondary N) is 3. The first kappa shape index (κ1) is 26.3. The van der Waals surface area contributed by atoms with Crippen LogP contribution >= 0.6 is 0 Å². The maximum atomic E-state index is 12.5. The van der Waals surface area contributed by atoms with Crippen molar-refractivity contribution in [2.24, 2.45) is 0 Å². The summed E-state index contributed by atoms with van der Waals surface area (Å²) in [6, 6.07) is -0.749. The molecular formula is C19H35N5O7S. The molecule has 13 heteroatoms. The van der Waals surface area contributed by atoms with E-state index < -0.39 is 40.1 Å². The topological polar surface area (TPSA) is 150 Å². The van der Waals surface area contributed by atoms with Gasteiger partial charge in [-0.2, -0.15) is 8.42 Å². The fourth-order valence-corrected chi connectivity index (χ4v) is 3.88. The van der Waals surface area contributed by atoms with Crippen LogP contribution in [0.2, 0.25) is 0 Å². The molecule has 0 radical (unpaired) electrons. The van der Waals surface area contributed by atoms with Gasteiger partial charge in [0.05, 0.1) is 18.8 Å². The number of hydrogen-bond donors (Lipinski definition) is 3. The molecule has 3 N–H and O–H groups in total. The highest BCUT2D eigenvalue weighted by atomic mass is 32.2. The van der Waals surface area contributed by atoms with Crippen molar-refractivity contribution in [3.05, 3.63) is 0 Å². The fraction of sp³-hybridized carbons (Fsp3) is 0.842. The SMILES string of the molecule is CC(C)(C)OC(=O)NC(=N)C(CCCN1CCNCC1)N1CC(COS(C)(=O)=O)OC1=O. The minimum absolute atomic E-state index is 0.0467. The van der Waals surface area contributed by atoms with E-state index in [0.29, 0.717) is 12.8 Å². The lowest BCUT2D eigenvalue weighted by Gasteiger charge is -2.30. The lowest BCUT2D eigenvalue weighted by Crippen LogP contribution is -2.50. The molecule has 2 atom stereocenters. The van der Waals surface area contributed by atoms with Gasteiger partial charge in [-0.25, -0.2) is 9.59 Å². The van der Waals surface area contributed by atoms with Crippen molar-refractivity contribution in [2.45, 2.75) is 51.4 Å². The number of amidine groups is 1. The maximum absolute atomic E-state index is 12.5. The van der Waals surface area contributed by atoms with Gasteiger partial charge in [-0.15, -0.1) is 0 Å². The Kier molecular flexibility index (Phi) is 9.25. The van der Waals surface area contributed by atoms with Crippen molar-refractivity contribution in [3.63, 3.8) is 0 Å². The standard InChI is InChI=1S/C19H35N5O7S/c1-19(2,3)31-17(25)22-16(20)15(6-5-9-23-10-7-21-8-11-23)24-12-14(30-18(24)26)13-29-32(4,27)28/h14-15,21H,5-13H2,1-4H3,(H2,20,22,25). The third-order valence-corrected chi connectivity index (χ3v) is 5.44. The number of rotatable bonds is 9. The van der Waals surface area contributed by atoms with Crippen LogP contribution in [0.25, 0.3) is 0 Å². The summed E-state index contributed by atoms with van der Waals surface area (Å²) in [7, 11) is -3.68. The number of alkyl carbamates (subject to hydrolysis) is 1. The van der Waals surface area contributed by atoms with Crippen LogP contribution in [0, 0.1) is 5.41 Å². The van der Waals surface area contributed by atoms with Crippen LogP contribution < -0.4 is 10.6 Å². The van der Waals surface area contributed by atoms with E-state index in [0.717, 1.165) is 39.0 Å². The zero-order chi connectivity index (χ0) is 23.9. The van der Waals surface area contributed by atoms with Crippen molar-refractivity contribution in [3.8, 4) is 0 Å². The third-order valence-electron chi connectivity index (χ3n) is 4.88. The summed E-state index contributed by atoms with van der Waals surface area (Å²) < 4.78 is 37.7. The molecule has 2 heterocycles. The molecule has 2 unspecified atom stereocenters. The average Bonchev–Trinajstić information content (AvgIpc) is 3.02. The van der Waals surface area contributed by atoms with Crippen LogP contribution in [0.4, 0.5) is 9.59 Å². The summed E-state index contributed by atoms with van der Waals surface area (Å²) in [6.07, 6.45) is -0.220. The first-order valence-corrected chi connectivity index (χ1v) is 12.5. The molecule has 0 aromatic rings. The summed E-state index contributed by atoms with van der Waals surface area (Å²) in [5, 5.41) is 14.1. The molecule has 0 aliphatic carbocycles. The summed E-state index contributed by atoms with van der Waals surface area (Å²) in [4.78, 5) is 28.3. The van der Waals surface area contributed by atoms with Gasteiger partial charge < -0.3 is 19.7 Å². The van der Waals surface area contributed by atoms with Crippen LogP contribution in [0.3, 0.4) is 0 Å². The van der Waals surface area contributed by atoms with E-state index >= 15 is 0 Å². The Morgan fingerprint density at radius 3 is 2.59 bits per heavy atom. The number of carbonyl (C=O) groups is 2. The van der Waals surface area contributed by atoms with Gasteiger partial charge >= 0.3 is 12.2 Å². The summed E-state index contributed by atoms with van der Waals surface area (Å²) in [5.41, 5.74) is -0.733. The molecule has 0 bridgehead atoms. The fourth-order valence-electron chi connectivity index (χ4n) is 3.48. The second-order valence-electron chi connectivity index (χ2n) is 8.94. The van der Waals surface area contributed by atoms with Crippen molar-refractivity contribution >= 4 is 28.1 Å². The molecule has 0 aromatic heterocycles. The molecule has 2 saturated heterocycles. The lowest BCUT2D eigenvalue weighted by atomic mass is 10.1. The zero-order valence-electron chi connectivity index (χ0n) is 19.2. The Labute approximate surface area is 189 Å². The third kappa shape index (κ3) is 9.27. The van der Waals surface area contributed by atoms with Crippen molar-refractivity contribution in [1.82, 2.24) is 20.4 Å². The van der Waals surface area contributed by atoms with Crippen molar-refractivity contribution in [1.29, 1.82) is 5.41 Å². The van der Waals surface area contributed by atoms with Gasteiger partial charge in [0, 0.05) is 26.2 Å². The van der Waals surface area contributed by atoms with Gasteiger partial charge in [-0.1, -0.05) is 0 Å². The van der Waals surface area contributed by atoms with Gasteiger partial charge in [-0.05, 0) is 40.2 Å². The number of ether oxygens (including phenoxy) is 2. The number of cyclic esters (lactones) is 1. The molecule has 184 valence electrons. The Morgan fingerprint density at radius 2 is 2.00 bits per heavy atom. The molecule has 0 spiro atoms. The second-order valence-corrected chi connectivity index (χ2v) is 10.6. The number of nitrogens with zero attached hydrogens (tertiary/aromatic N) is 2. The van der Waals surface area contributed by atoms with Crippen LogP contribution in [-0.4, -0.2) is 106 Å². The van der Waals surface area contributed by atoms with Gasteiger partial charge in [0.15, 0.2) is 0 Å². The quantitative estimate of drug-likeness (QED) is 0.243. The smallest absolute Gasteiger partial charge is 0.413 e. The molecule has 2 amide bonds. The van der Waals surface area contributed by atoms with Crippen LogP contribution in [0.15, 0.2) is 0 Å². The molecule has 2 aliphatic heterocycles. The van der Waals surface area contributed by atoms with Gasteiger partial charge in [0.1, 0.15) is 24.1 Å². The lowest BCUT2D eigenvalue weighted by molar-refractivity contribution is 0.0557. The molecule has 32 heavy (non-hydrogen) atoms. The largest absolute Gasteiger partial charge is 0.444 e. The monoisotopic (exact) mass is 477 g/mol. The van der Waals surface area contributed by atoms with E-state index in [4.69, 9.17) is 19.1 Å². The maximum Gasteiger partial charge on any atom is 0.413 e. The Balaban J connectivity index is 2.02. The van der Waals surface area contributed by atoms with Crippen LogP contribution in [0.5, 0.6) is 0 Å². The van der Waals surface area contributed by atoms with Crippen LogP contribution in [-0.2, 0) is 23.8 Å². The van der Waals surface area contributed by atoms with E-state index in [9.17, 15) is 18.0 Å². The summed E-state index contributed by atoms with van der Waals surface area (Å²) >= 11 is 0. The minimum Gasteiger partial charge on any atom is -0.444 e. The molecular weight excluding hydrogens is 442 g/mol. The summed E-state index contributed by atoms with van der Waals surface area (Å²) in [5.74, 6) is -0.179. The van der Waals surface area contributed by atoms with E-state index in [-0.39, 0.29) is 19.0 Å².